The summed E-state index contributed by atoms with van der Waals surface area (Å²) < 4.78 is 13.3. The van der Waals surface area contributed by atoms with Gasteiger partial charge in [-0.05, 0) is 54.7 Å². The van der Waals surface area contributed by atoms with Crippen molar-refractivity contribution in [1.82, 2.24) is 15.6 Å². The number of nitrogens with zero attached hydrogens (tertiary/aromatic N) is 2. The second-order valence-corrected chi connectivity index (χ2v) is 7.57. The molecule has 6 heteroatoms. The predicted octanol–water partition coefficient (Wildman–Crippen LogP) is 3.54. The number of halogens is 1. The number of hydrogen-bond acceptors (Lipinski definition) is 2. The summed E-state index contributed by atoms with van der Waals surface area (Å²) in [5.74, 6) is 1.22. The zero-order valence-electron chi connectivity index (χ0n) is 16.8. The van der Waals surface area contributed by atoms with E-state index in [0.717, 1.165) is 49.5 Å². The van der Waals surface area contributed by atoms with Crippen LogP contribution in [0.5, 0.6) is 0 Å². The number of benzene rings is 2. The SMILES string of the molecule is CN=C(NCCc1c[nH]c2cc(F)ccc12)NCC1CCN(c2ccccc2)C1. The maximum atomic E-state index is 13.3. The van der Waals surface area contributed by atoms with Gasteiger partial charge in [-0.2, -0.15) is 0 Å². The molecule has 1 aromatic heterocycles. The van der Waals surface area contributed by atoms with Crippen LogP contribution in [-0.2, 0) is 6.42 Å². The highest BCUT2D eigenvalue weighted by Gasteiger charge is 2.22. The number of nitrogens with one attached hydrogen (secondary N) is 3. The molecule has 0 saturated carbocycles. The zero-order valence-corrected chi connectivity index (χ0v) is 16.8. The van der Waals surface area contributed by atoms with Crippen molar-refractivity contribution in [2.24, 2.45) is 10.9 Å². The molecule has 0 bridgehead atoms. The van der Waals surface area contributed by atoms with E-state index in [1.807, 2.05) is 12.3 Å². The van der Waals surface area contributed by atoms with Crippen molar-refractivity contribution in [3.8, 4) is 0 Å². The molecule has 0 radical (unpaired) electrons. The highest BCUT2D eigenvalue weighted by molar-refractivity contribution is 5.83. The molecule has 1 aliphatic heterocycles. The van der Waals surface area contributed by atoms with Gasteiger partial charge in [0.1, 0.15) is 5.82 Å². The van der Waals surface area contributed by atoms with Crippen LogP contribution in [0.4, 0.5) is 10.1 Å². The van der Waals surface area contributed by atoms with Crippen LogP contribution >= 0.6 is 0 Å². The van der Waals surface area contributed by atoms with Crippen molar-refractivity contribution in [1.29, 1.82) is 0 Å². The molecule has 4 rings (SSSR count). The highest BCUT2D eigenvalue weighted by Crippen LogP contribution is 2.23. The van der Waals surface area contributed by atoms with E-state index in [-0.39, 0.29) is 5.82 Å². The minimum atomic E-state index is -0.216. The number of aliphatic imine (C=N–C) groups is 1. The largest absolute Gasteiger partial charge is 0.371 e. The molecule has 0 aliphatic carbocycles. The Hall–Kier alpha value is -3.02. The zero-order chi connectivity index (χ0) is 20.1. The topological polar surface area (TPSA) is 55.5 Å². The summed E-state index contributed by atoms with van der Waals surface area (Å²) in [6.07, 6.45) is 3.99. The van der Waals surface area contributed by atoms with Gasteiger partial charge in [-0.25, -0.2) is 4.39 Å². The summed E-state index contributed by atoms with van der Waals surface area (Å²) >= 11 is 0. The first-order chi connectivity index (χ1) is 14.2. The number of H-pyrrole nitrogens is 1. The molecule has 1 unspecified atom stereocenters. The van der Waals surface area contributed by atoms with E-state index in [1.54, 1.807) is 7.05 Å². The number of rotatable bonds is 6. The van der Waals surface area contributed by atoms with Crippen molar-refractivity contribution in [3.05, 3.63) is 66.1 Å². The van der Waals surface area contributed by atoms with Crippen molar-refractivity contribution >= 4 is 22.5 Å². The molecule has 1 saturated heterocycles. The van der Waals surface area contributed by atoms with Crippen LogP contribution in [0.1, 0.15) is 12.0 Å². The van der Waals surface area contributed by atoms with Gasteiger partial charge in [-0.3, -0.25) is 4.99 Å². The van der Waals surface area contributed by atoms with Gasteiger partial charge < -0.3 is 20.5 Å². The van der Waals surface area contributed by atoms with Gasteiger partial charge in [-0.1, -0.05) is 18.2 Å². The Morgan fingerprint density at radius 3 is 2.90 bits per heavy atom. The van der Waals surface area contributed by atoms with E-state index < -0.39 is 0 Å². The number of guanidine groups is 1. The fourth-order valence-corrected chi connectivity index (χ4v) is 4.02. The van der Waals surface area contributed by atoms with Gasteiger partial charge in [0.15, 0.2) is 5.96 Å². The van der Waals surface area contributed by atoms with Gasteiger partial charge in [0, 0.05) is 56.0 Å². The molecular weight excluding hydrogens is 365 g/mol. The molecule has 0 amide bonds. The molecule has 1 aliphatic rings. The number of fused-ring (bicyclic) bond motifs is 1. The Morgan fingerprint density at radius 2 is 2.07 bits per heavy atom. The summed E-state index contributed by atoms with van der Waals surface area (Å²) in [4.78, 5) is 9.93. The molecule has 5 nitrogen and oxygen atoms in total. The maximum absolute atomic E-state index is 13.3. The Balaban J connectivity index is 1.23. The maximum Gasteiger partial charge on any atom is 0.190 e. The van der Waals surface area contributed by atoms with E-state index in [1.165, 1.54) is 29.8 Å². The van der Waals surface area contributed by atoms with Gasteiger partial charge in [0.05, 0.1) is 0 Å². The van der Waals surface area contributed by atoms with Gasteiger partial charge >= 0.3 is 0 Å². The molecule has 2 heterocycles. The number of para-hydroxylation sites is 1. The predicted molar refractivity (Wildman–Crippen MR) is 118 cm³/mol. The standard InChI is InChI=1S/C23H28FN5/c1-25-23(26-11-9-18-15-27-22-13-19(24)7-8-21(18)22)28-14-17-10-12-29(16-17)20-5-3-2-4-6-20/h2-8,13,15,17,27H,9-12,14,16H2,1H3,(H2,25,26,28). The fourth-order valence-electron chi connectivity index (χ4n) is 4.02. The number of aromatic nitrogens is 1. The second kappa shape index (κ2) is 8.99. The van der Waals surface area contributed by atoms with E-state index in [9.17, 15) is 4.39 Å². The van der Waals surface area contributed by atoms with E-state index in [4.69, 9.17) is 0 Å². The van der Waals surface area contributed by atoms with E-state index in [0.29, 0.717) is 5.92 Å². The molecule has 29 heavy (non-hydrogen) atoms. The Bertz CT molecular complexity index is 966. The molecule has 1 fully saturated rings. The van der Waals surface area contributed by atoms with Crippen LogP contribution < -0.4 is 15.5 Å². The molecule has 152 valence electrons. The van der Waals surface area contributed by atoms with Crippen molar-refractivity contribution in [2.75, 3.05) is 38.1 Å². The van der Waals surface area contributed by atoms with Crippen LogP contribution in [0, 0.1) is 11.7 Å². The summed E-state index contributed by atoms with van der Waals surface area (Å²) in [7, 11) is 1.80. The quantitative estimate of drug-likeness (QED) is 0.444. The third kappa shape index (κ3) is 4.70. The van der Waals surface area contributed by atoms with Gasteiger partial charge in [0.25, 0.3) is 0 Å². The minimum absolute atomic E-state index is 0.216. The average Bonchev–Trinajstić information content (AvgIpc) is 3.38. The summed E-state index contributed by atoms with van der Waals surface area (Å²) in [5.41, 5.74) is 3.32. The lowest BCUT2D eigenvalue weighted by Crippen LogP contribution is -2.41. The molecule has 3 N–H and O–H groups in total. The van der Waals surface area contributed by atoms with Crippen molar-refractivity contribution in [2.45, 2.75) is 12.8 Å². The molecule has 1 atom stereocenters. The first-order valence-electron chi connectivity index (χ1n) is 10.2. The van der Waals surface area contributed by atoms with Crippen LogP contribution in [0.3, 0.4) is 0 Å². The molecule has 0 spiro atoms. The Labute approximate surface area is 171 Å². The summed E-state index contributed by atoms with van der Waals surface area (Å²) in [6.45, 7) is 3.85. The second-order valence-electron chi connectivity index (χ2n) is 7.57. The van der Waals surface area contributed by atoms with Crippen molar-refractivity contribution in [3.63, 3.8) is 0 Å². The number of anilines is 1. The van der Waals surface area contributed by atoms with Crippen LogP contribution in [0.15, 0.2) is 59.7 Å². The van der Waals surface area contributed by atoms with E-state index in [2.05, 4.69) is 55.8 Å². The monoisotopic (exact) mass is 393 g/mol. The molecule has 2 aromatic carbocycles. The van der Waals surface area contributed by atoms with Gasteiger partial charge in [0.2, 0.25) is 0 Å². The third-order valence-electron chi connectivity index (χ3n) is 5.61. The van der Waals surface area contributed by atoms with Crippen molar-refractivity contribution < 1.29 is 4.39 Å². The number of aromatic amines is 1. The highest BCUT2D eigenvalue weighted by atomic mass is 19.1. The van der Waals surface area contributed by atoms with E-state index >= 15 is 0 Å². The first kappa shape index (κ1) is 19.3. The lowest BCUT2D eigenvalue weighted by atomic mass is 10.1. The number of hydrogen-bond donors (Lipinski definition) is 3. The normalized spacial score (nSPS) is 17.1. The summed E-state index contributed by atoms with van der Waals surface area (Å²) in [5, 5.41) is 7.92. The van der Waals surface area contributed by atoms with Crippen LogP contribution in [0.2, 0.25) is 0 Å². The summed E-state index contributed by atoms with van der Waals surface area (Å²) in [6, 6.07) is 15.5. The fraction of sp³-hybridized carbons (Fsp3) is 0.348. The Morgan fingerprint density at radius 1 is 1.21 bits per heavy atom. The lowest BCUT2D eigenvalue weighted by Gasteiger charge is -2.19. The lowest BCUT2D eigenvalue weighted by molar-refractivity contribution is 0.566. The minimum Gasteiger partial charge on any atom is -0.371 e. The molecular formula is C23H28FN5. The van der Waals surface area contributed by atoms with Crippen LogP contribution in [-0.4, -0.2) is 44.2 Å². The smallest absolute Gasteiger partial charge is 0.190 e. The third-order valence-corrected chi connectivity index (χ3v) is 5.61. The Kier molecular flexibility index (Phi) is 5.98. The molecule has 3 aromatic rings. The average molecular weight is 394 g/mol. The van der Waals surface area contributed by atoms with Crippen LogP contribution in [0.25, 0.3) is 10.9 Å². The van der Waals surface area contributed by atoms with Gasteiger partial charge in [-0.15, -0.1) is 0 Å². The first-order valence-corrected chi connectivity index (χ1v) is 10.2.